The van der Waals surface area contributed by atoms with E-state index in [0.29, 0.717) is 17.7 Å². The molecule has 1 aliphatic rings. The van der Waals surface area contributed by atoms with Gasteiger partial charge >= 0.3 is 12.1 Å². The van der Waals surface area contributed by atoms with Crippen molar-refractivity contribution >= 4 is 35.6 Å². The lowest BCUT2D eigenvalue weighted by Crippen LogP contribution is -2.54. The van der Waals surface area contributed by atoms with Gasteiger partial charge < -0.3 is 25.0 Å². The van der Waals surface area contributed by atoms with E-state index in [1.165, 1.54) is 0 Å². The fourth-order valence-corrected chi connectivity index (χ4v) is 4.66. The molecule has 9 nitrogen and oxygen atoms in total. The Balaban J connectivity index is 2.40. The molecule has 1 aromatic rings. The van der Waals surface area contributed by atoms with Gasteiger partial charge in [0.05, 0.1) is 13.0 Å². The molecule has 1 fully saturated rings. The number of thioether (sulfide) groups is 1. The topological polar surface area (TPSA) is 114 Å². The van der Waals surface area contributed by atoms with E-state index in [1.54, 1.807) is 44.4 Å². The van der Waals surface area contributed by atoms with E-state index in [9.17, 15) is 19.2 Å². The quantitative estimate of drug-likeness (QED) is 0.358. The summed E-state index contributed by atoms with van der Waals surface area (Å²) < 4.78 is 10.4. The summed E-state index contributed by atoms with van der Waals surface area (Å²) in [7, 11) is 0. The summed E-state index contributed by atoms with van der Waals surface area (Å²) in [4.78, 5) is 53.9. The molecule has 0 radical (unpaired) electrons. The Morgan fingerprint density at radius 1 is 1.21 bits per heavy atom. The smallest absolute Gasteiger partial charge is 0.408 e. The van der Waals surface area contributed by atoms with Crippen molar-refractivity contribution in [1.82, 2.24) is 15.5 Å². The first-order valence-corrected chi connectivity index (χ1v) is 14.6. The lowest BCUT2D eigenvalue weighted by atomic mass is 10.00. The molecule has 2 N–H and O–H groups in total. The fraction of sp³-hybridized carbons (Fsp3) is 0.643. The van der Waals surface area contributed by atoms with Crippen molar-refractivity contribution in [2.75, 3.05) is 25.2 Å². The number of esters is 1. The highest BCUT2D eigenvalue weighted by Gasteiger charge is 2.48. The molecule has 4 atom stereocenters. The molecule has 1 saturated carbocycles. The first-order chi connectivity index (χ1) is 17.9. The summed E-state index contributed by atoms with van der Waals surface area (Å²) in [6, 6.07) is 5.57. The average molecular weight is 550 g/mol. The first kappa shape index (κ1) is 31.5. The van der Waals surface area contributed by atoms with Crippen molar-refractivity contribution in [2.24, 2.45) is 5.92 Å². The zero-order valence-electron chi connectivity index (χ0n) is 23.7. The molecular weight excluding hydrogens is 506 g/mol. The van der Waals surface area contributed by atoms with Crippen LogP contribution in [0.4, 0.5) is 4.79 Å². The molecule has 0 saturated heterocycles. The van der Waals surface area contributed by atoms with E-state index in [4.69, 9.17) is 9.47 Å². The molecule has 0 bridgehead atoms. The van der Waals surface area contributed by atoms with Gasteiger partial charge in [0.2, 0.25) is 11.8 Å². The third kappa shape index (κ3) is 9.85. The van der Waals surface area contributed by atoms with Gasteiger partial charge in [-0.25, -0.2) is 4.79 Å². The van der Waals surface area contributed by atoms with E-state index in [1.807, 2.05) is 44.4 Å². The van der Waals surface area contributed by atoms with Crippen molar-refractivity contribution in [2.45, 2.75) is 84.5 Å². The van der Waals surface area contributed by atoms with Gasteiger partial charge in [-0.05, 0) is 71.0 Å². The second kappa shape index (κ2) is 14.4. The van der Waals surface area contributed by atoms with E-state index in [2.05, 4.69) is 10.6 Å². The molecule has 0 aromatic heterocycles. The lowest BCUT2D eigenvalue weighted by Gasteiger charge is -2.35. The van der Waals surface area contributed by atoms with E-state index in [-0.39, 0.29) is 43.3 Å². The molecule has 0 spiro atoms. The Morgan fingerprint density at radius 2 is 1.89 bits per heavy atom. The molecule has 2 rings (SSSR count). The molecular formula is C28H43N3O6S. The number of ether oxygens (including phenoxy) is 2. The molecule has 38 heavy (non-hydrogen) atoms. The number of aryl methyl sites for hydroxylation is 1. The number of nitrogens with one attached hydrogen (secondary N) is 2. The Labute approximate surface area is 230 Å². The minimum Gasteiger partial charge on any atom is -0.466 e. The maximum Gasteiger partial charge on any atom is 0.408 e. The van der Waals surface area contributed by atoms with Crippen LogP contribution in [0.15, 0.2) is 24.3 Å². The first-order valence-electron chi connectivity index (χ1n) is 13.2. The van der Waals surface area contributed by atoms with Crippen molar-refractivity contribution in [3.05, 3.63) is 35.4 Å². The Hall–Kier alpha value is -2.75. The molecule has 0 aliphatic heterocycles. The third-order valence-electron chi connectivity index (χ3n) is 6.10. The zero-order chi connectivity index (χ0) is 28.5. The maximum atomic E-state index is 14.1. The van der Waals surface area contributed by atoms with Gasteiger partial charge in [0.1, 0.15) is 17.7 Å². The summed E-state index contributed by atoms with van der Waals surface area (Å²) in [6.07, 6.45) is 2.44. The summed E-state index contributed by atoms with van der Waals surface area (Å²) >= 11 is 1.57. The van der Waals surface area contributed by atoms with Crippen LogP contribution >= 0.6 is 11.8 Å². The van der Waals surface area contributed by atoms with E-state index in [0.717, 1.165) is 12.0 Å². The van der Waals surface area contributed by atoms with Crippen LogP contribution in [0.5, 0.6) is 0 Å². The van der Waals surface area contributed by atoms with Crippen molar-refractivity contribution in [3.63, 3.8) is 0 Å². The maximum absolute atomic E-state index is 14.1. The van der Waals surface area contributed by atoms with Gasteiger partial charge in [0.15, 0.2) is 0 Å². The number of hydrogen-bond donors (Lipinski definition) is 2. The Bertz CT molecular complexity index is 980. The highest BCUT2D eigenvalue weighted by Crippen LogP contribution is 2.41. The standard InChI is InChI=1S/C28H43N3O6S/c1-8-36-23(32)12-14-29-25(33)24(20-11-9-10-18(2)16-20)31(22-17-19(22)3)26(34)21(13-15-38-7)30-27(35)37-28(4,5)6/h9-11,16,19,21-22,24H,8,12-15,17H2,1-7H3,(H,29,33)(H,30,35). The van der Waals surface area contributed by atoms with Crippen molar-refractivity contribution < 1.29 is 28.7 Å². The largest absolute Gasteiger partial charge is 0.466 e. The molecule has 4 unspecified atom stereocenters. The van der Waals surface area contributed by atoms with Crippen LogP contribution in [0.1, 0.15) is 71.0 Å². The minimum absolute atomic E-state index is 0.0322. The lowest BCUT2D eigenvalue weighted by molar-refractivity contribution is -0.145. The van der Waals surface area contributed by atoms with Crippen LogP contribution in [0.25, 0.3) is 0 Å². The number of carbonyl (C=O) groups is 4. The molecule has 3 amide bonds. The predicted molar refractivity (Wildman–Crippen MR) is 149 cm³/mol. The SMILES string of the molecule is CCOC(=O)CCNC(=O)C(c1cccc(C)c1)N(C(=O)C(CCSC)NC(=O)OC(C)(C)C)C1CC1C. The number of rotatable bonds is 13. The predicted octanol–water partition coefficient (Wildman–Crippen LogP) is 3.99. The molecule has 10 heteroatoms. The normalized spacial score (nSPS) is 18.1. The van der Waals surface area contributed by atoms with Gasteiger partial charge in [0, 0.05) is 12.6 Å². The minimum atomic E-state index is -0.920. The molecule has 1 aromatic carbocycles. The van der Waals surface area contributed by atoms with Crippen LogP contribution in [0, 0.1) is 12.8 Å². The monoisotopic (exact) mass is 549 g/mol. The number of hydrogen-bond acceptors (Lipinski definition) is 7. The second-order valence-corrected chi connectivity index (χ2v) is 11.7. The highest BCUT2D eigenvalue weighted by molar-refractivity contribution is 7.98. The third-order valence-corrected chi connectivity index (χ3v) is 6.74. The molecule has 1 aliphatic carbocycles. The van der Waals surface area contributed by atoms with Gasteiger partial charge in [-0.1, -0.05) is 36.8 Å². The number of benzene rings is 1. The number of amides is 3. The Morgan fingerprint density at radius 3 is 2.45 bits per heavy atom. The Kier molecular flexibility index (Phi) is 11.9. The number of alkyl carbamates (subject to hydrolysis) is 1. The molecule has 212 valence electrons. The number of carbonyl (C=O) groups excluding carboxylic acids is 4. The van der Waals surface area contributed by atoms with Crippen LogP contribution in [0.3, 0.4) is 0 Å². The van der Waals surface area contributed by atoms with Crippen LogP contribution in [0.2, 0.25) is 0 Å². The van der Waals surface area contributed by atoms with E-state index < -0.39 is 29.7 Å². The second-order valence-electron chi connectivity index (χ2n) is 10.7. The summed E-state index contributed by atoms with van der Waals surface area (Å²) in [5, 5.41) is 5.58. The van der Waals surface area contributed by atoms with Gasteiger partial charge in [-0.15, -0.1) is 0 Å². The van der Waals surface area contributed by atoms with Gasteiger partial charge in [-0.3, -0.25) is 14.4 Å². The average Bonchev–Trinajstić information content (AvgIpc) is 3.54. The van der Waals surface area contributed by atoms with Crippen LogP contribution in [-0.4, -0.2) is 71.6 Å². The number of nitrogens with zero attached hydrogens (tertiary/aromatic N) is 1. The fourth-order valence-electron chi connectivity index (χ4n) is 4.19. The van der Waals surface area contributed by atoms with Gasteiger partial charge in [0.25, 0.3) is 0 Å². The van der Waals surface area contributed by atoms with E-state index >= 15 is 0 Å². The summed E-state index contributed by atoms with van der Waals surface area (Å²) in [5.74, 6) is -0.260. The van der Waals surface area contributed by atoms with Crippen molar-refractivity contribution in [3.8, 4) is 0 Å². The summed E-state index contributed by atoms with van der Waals surface area (Å²) in [5.41, 5.74) is 0.908. The molecule has 0 heterocycles. The zero-order valence-corrected chi connectivity index (χ0v) is 24.5. The van der Waals surface area contributed by atoms with Gasteiger partial charge in [-0.2, -0.15) is 11.8 Å². The van der Waals surface area contributed by atoms with Crippen molar-refractivity contribution in [1.29, 1.82) is 0 Å². The van der Waals surface area contributed by atoms with Crippen LogP contribution < -0.4 is 10.6 Å². The van der Waals surface area contributed by atoms with Crippen LogP contribution in [-0.2, 0) is 23.9 Å². The highest BCUT2D eigenvalue weighted by atomic mass is 32.2. The summed E-state index contributed by atoms with van der Waals surface area (Å²) in [6.45, 7) is 11.3.